The number of allylic oxidation sites excluding steroid dienone is 1. The van der Waals surface area contributed by atoms with E-state index in [1.807, 2.05) is 0 Å². The third-order valence-electron chi connectivity index (χ3n) is 4.66. The van der Waals surface area contributed by atoms with Gasteiger partial charge < -0.3 is 18.9 Å². The molecule has 3 aromatic rings. The van der Waals surface area contributed by atoms with Crippen LogP contribution in [-0.2, 0) is 0 Å². The van der Waals surface area contributed by atoms with E-state index in [9.17, 15) is 9.59 Å². The maximum Gasteiger partial charge on any atom is 0.343 e. The van der Waals surface area contributed by atoms with Crippen LogP contribution in [0.15, 0.2) is 70.9 Å². The van der Waals surface area contributed by atoms with Gasteiger partial charge in [-0.25, -0.2) is 4.79 Å². The van der Waals surface area contributed by atoms with Gasteiger partial charge in [-0.15, -0.1) is 0 Å². The summed E-state index contributed by atoms with van der Waals surface area (Å²) >= 11 is 3.33. The normalized spacial score (nSPS) is 13.5. The molecule has 3 aromatic carbocycles. The number of ether oxygens (including phenoxy) is 4. The number of rotatable bonds is 5. The van der Waals surface area contributed by atoms with E-state index in [4.69, 9.17) is 18.9 Å². The Kier molecular flexibility index (Phi) is 5.77. The molecule has 156 valence electrons. The van der Waals surface area contributed by atoms with Gasteiger partial charge >= 0.3 is 5.97 Å². The zero-order chi connectivity index (χ0) is 22.0. The lowest BCUT2D eigenvalue weighted by atomic mass is 10.1. The van der Waals surface area contributed by atoms with Crippen molar-refractivity contribution in [1.29, 1.82) is 0 Å². The Bertz CT molecular complexity index is 1200. The summed E-state index contributed by atoms with van der Waals surface area (Å²) in [5.74, 6) is 1.15. The summed E-state index contributed by atoms with van der Waals surface area (Å²) in [6, 6.07) is 16.7. The monoisotopic (exact) mass is 480 g/mol. The summed E-state index contributed by atoms with van der Waals surface area (Å²) in [6.07, 6.45) is 1.59. The molecule has 0 bridgehead atoms. The molecule has 4 rings (SSSR count). The first kappa shape index (κ1) is 20.7. The first-order valence-electron chi connectivity index (χ1n) is 9.26. The number of carbonyl (C=O) groups excluding carboxylic acids is 2. The Morgan fingerprint density at radius 2 is 1.68 bits per heavy atom. The van der Waals surface area contributed by atoms with Gasteiger partial charge in [-0.05, 0) is 60.7 Å². The summed E-state index contributed by atoms with van der Waals surface area (Å²) in [4.78, 5) is 25.1. The SMILES string of the molecule is COc1ccc(OC)c(/C=C2\Oc3cc(OC(=O)c4ccc(Br)cc4)ccc3C2=O)c1. The van der Waals surface area contributed by atoms with Crippen molar-refractivity contribution in [2.45, 2.75) is 0 Å². The Labute approximate surface area is 187 Å². The average molecular weight is 481 g/mol. The number of ketones is 1. The van der Waals surface area contributed by atoms with Crippen LogP contribution in [0.2, 0.25) is 0 Å². The van der Waals surface area contributed by atoms with Gasteiger partial charge in [0, 0.05) is 16.1 Å². The fraction of sp³-hybridized carbons (Fsp3) is 0.0833. The predicted molar refractivity (Wildman–Crippen MR) is 118 cm³/mol. The zero-order valence-corrected chi connectivity index (χ0v) is 18.3. The number of Topliss-reactive ketones (excluding diaryl/α,β-unsaturated/α-hetero) is 1. The molecule has 0 fully saturated rings. The highest BCUT2D eigenvalue weighted by molar-refractivity contribution is 9.10. The van der Waals surface area contributed by atoms with Gasteiger partial charge in [0.25, 0.3) is 0 Å². The van der Waals surface area contributed by atoms with E-state index >= 15 is 0 Å². The van der Waals surface area contributed by atoms with Crippen LogP contribution in [-0.4, -0.2) is 26.0 Å². The molecule has 1 aliphatic heterocycles. The first-order chi connectivity index (χ1) is 15.0. The summed E-state index contributed by atoms with van der Waals surface area (Å²) in [5.41, 5.74) is 1.43. The van der Waals surface area contributed by atoms with Crippen LogP contribution in [0.3, 0.4) is 0 Å². The fourth-order valence-electron chi connectivity index (χ4n) is 3.08. The first-order valence-corrected chi connectivity index (χ1v) is 10.1. The molecule has 0 spiro atoms. The molecule has 7 heteroatoms. The number of hydrogen-bond donors (Lipinski definition) is 0. The molecule has 6 nitrogen and oxygen atoms in total. The second-order valence-electron chi connectivity index (χ2n) is 6.60. The van der Waals surface area contributed by atoms with E-state index in [2.05, 4.69) is 15.9 Å². The third kappa shape index (κ3) is 4.32. The predicted octanol–water partition coefficient (Wildman–Crippen LogP) is 5.30. The molecule has 0 aliphatic carbocycles. The molecule has 0 N–H and O–H groups in total. The van der Waals surface area contributed by atoms with Crippen molar-refractivity contribution in [2.24, 2.45) is 0 Å². The molecule has 0 aromatic heterocycles. The number of halogens is 1. The van der Waals surface area contributed by atoms with Crippen LogP contribution < -0.4 is 18.9 Å². The molecule has 0 atom stereocenters. The van der Waals surface area contributed by atoms with Gasteiger partial charge in [0.15, 0.2) is 5.76 Å². The summed E-state index contributed by atoms with van der Waals surface area (Å²) in [6.45, 7) is 0. The van der Waals surface area contributed by atoms with E-state index in [-0.39, 0.29) is 17.3 Å². The largest absolute Gasteiger partial charge is 0.497 e. The van der Waals surface area contributed by atoms with Gasteiger partial charge in [-0.1, -0.05) is 15.9 Å². The van der Waals surface area contributed by atoms with Gasteiger partial charge in [0.2, 0.25) is 5.78 Å². The second kappa shape index (κ2) is 8.65. The van der Waals surface area contributed by atoms with Crippen LogP contribution in [0.4, 0.5) is 0 Å². The summed E-state index contributed by atoms with van der Waals surface area (Å²) < 4.78 is 22.6. The smallest absolute Gasteiger partial charge is 0.343 e. The van der Waals surface area contributed by atoms with E-state index in [1.165, 1.54) is 6.07 Å². The molecule has 0 unspecified atom stereocenters. The highest BCUT2D eigenvalue weighted by Gasteiger charge is 2.28. The topological polar surface area (TPSA) is 71.1 Å². The maximum absolute atomic E-state index is 12.8. The molecule has 0 amide bonds. The van der Waals surface area contributed by atoms with Gasteiger partial charge in [0.1, 0.15) is 23.0 Å². The zero-order valence-electron chi connectivity index (χ0n) is 16.7. The fourth-order valence-corrected chi connectivity index (χ4v) is 3.34. The number of esters is 1. The minimum atomic E-state index is -0.506. The highest BCUT2D eigenvalue weighted by Crippen LogP contribution is 2.36. The average Bonchev–Trinajstić information content (AvgIpc) is 3.08. The lowest BCUT2D eigenvalue weighted by Crippen LogP contribution is -2.08. The van der Waals surface area contributed by atoms with E-state index in [0.717, 1.165) is 4.47 Å². The van der Waals surface area contributed by atoms with Crippen molar-refractivity contribution in [2.75, 3.05) is 14.2 Å². The number of carbonyl (C=O) groups is 2. The van der Waals surface area contributed by atoms with Gasteiger partial charge in [0.05, 0.1) is 25.3 Å². The van der Waals surface area contributed by atoms with E-state index < -0.39 is 5.97 Å². The Balaban J connectivity index is 1.58. The van der Waals surface area contributed by atoms with Crippen molar-refractivity contribution in [1.82, 2.24) is 0 Å². The van der Waals surface area contributed by atoms with E-state index in [1.54, 1.807) is 74.9 Å². The number of fused-ring (bicyclic) bond motifs is 1. The van der Waals surface area contributed by atoms with Crippen LogP contribution in [0.25, 0.3) is 6.08 Å². The summed E-state index contributed by atoms with van der Waals surface area (Å²) in [5, 5.41) is 0. The Hall–Kier alpha value is -3.58. The number of hydrogen-bond acceptors (Lipinski definition) is 6. The van der Waals surface area contributed by atoms with Gasteiger partial charge in [-0.3, -0.25) is 4.79 Å². The van der Waals surface area contributed by atoms with E-state index in [0.29, 0.717) is 33.9 Å². The minimum absolute atomic E-state index is 0.137. The molecule has 1 heterocycles. The van der Waals surface area contributed by atoms with Crippen molar-refractivity contribution in [3.8, 4) is 23.0 Å². The van der Waals surface area contributed by atoms with Crippen LogP contribution >= 0.6 is 15.9 Å². The molecule has 0 saturated heterocycles. The number of methoxy groups -OCH3 is 2. The lowest BCUT2D eigenvalue weighted by molar-refractivity contribution is 0.0734. The Morgan fingerprint density at radius 3 is 2.39 bits per heavy atom. The molecule has 0 radical (unpaired) electrons. The Morgan fingerprint density at radius 1 is 0.935 bits per heavy atom. The quantitative estimate of drug-likeness (QED) is 0.280. The molecular formula is C24H17BrO6. The molecule has 0 saturated carbocycles. The highest BCUT2D eigenvalue weighted by atomic mass is 79.9. The number of benzene rings is 3. The van der Waals surface area contributed by atoms with Crippen LogP contribution in [0, 0.1) is 0 Å². The van der Waals surface area contributed by atoms with Crippen molar-refractivity contribution >= 4 is 33.8 Å². The van der Waals surface area contributed by atoms with Crippen molar-refractivity contribution < 1.29 is 28.5 Å². The molecule has 31 heavy (non-hydrogen) atoms. The molecule has 1 aliphatic rings. The summed E-state index contributed by atoms with van der Waals surface area (Å²) in [7, 11) is 3.10. The van der Waals surface area contributed by atoms with Crippen molar-refractivity contribution in [3.63, 3.8) is 0 Å². The van der Waals surface area contributed by atoms with Crippen molar-refractivity contribution in [3.05, 3.63) is 87.6 Å². The second-order valence-corrected chi connectivity index (χ2v) is 7.52. The lowest BCUT2D eigenvalue weighted by Gasteiger charge is -2.08. The maximum atomic E-state index is 12.8. The van der Waals surface area contributed by atoms with Crippen LogP contribution in [0.5, 0.6) is 23.0 Å². The standard InChI is InChI=1S/C24H17BrO6/c1-28-17-8-10-20(29-2)15(11-17)12-22-23(26)19-9-7-18(13-21(19)31-22)30-24(27)14-3-5-16(25)6-4-14/h3-13H,1-2H3/b22-12-. The van der Waals surface area contributed by atoms with Gasteiger partial charge in [-0.2, -0.15) is 0 Å². The molecular weight excluding hydrogens is 464 g/mol. The van der Waals surface area contributed by atoms with Crippen LogP contribution in [0.1, 0.15) is 26.3 Å². The minimum Gasteiger partial charge on any atom is -0.497 e. The third-order valence-corrected chi connectivity index (χ3v) is 5.18.